The van der Waals surface area contributed by atoms with E-state index in [9.17, 15) is 0 Å². The van der Waals surface area contributed by atoms with Crippen molar-refractivity contribution < 1.29 is 4.74 Å². The second kappa shape index (κ2) is 6.95. The summed E-state index contributed by atoms with van der Waals surface area (Å²) < 4.78 is 6.69. The molecular formula is C15H16BrClN2O. The Kier molecular flexibility index (Phi) is 5.26. The van der Waals surface area contributed by atoms with E-state index in [-0.39, 0.29) is 6.10 Å². The summed E-state index contributed by atoms with van der Waals surface area (Å²) in [4.78, 5) is 4.25. The van der Waals surface area contributed by atoms with Gasteiger partial charge < -0.3 is 10.1 Å². The van der Waals surface area contributed by atoms with Crippen molar-refractivity contribution in [3.63, 3.8) is 0 Å². The summed E-state index contributed by atoms with van der Waals surface area (Å²) in [6.07, 6.45) is 1.81. The molecule has 0 radical (unpaired) electrons. The van der Waals surface area contributed by atoms with E-state index < -0.39 is 0 Å². The van der Waals surface area contributed by atoms with Gasteiger partial charge in [-0.05, 0) is 49.7 Å². The number of hydrogen-bond acceptors (Lipinski definition) is 3. The lowest BCUT2D eigenvalue weighted by molar-refractivity contribution is 0.234. The number of ether oxygens (including phenoxy) is 1. The van der Waals surface area contributed by atoms with Gasteiger partial charge in [0.2, 0.25) is 5.88 Å². The topological polar surface area (TPSA) is 34.1 Å². The first-order chi connectivity index (χ1) is 9.56. The van der Waals surface area contributed by atoms with E-state index in [1.54, 1.807) is 6.20 Å². The molecular weight excluding hydrogens is 340 g/mol. The number of anilines is 1. The van der Waals surface area contributed by atoms with Crippen LogP contribution in [-0.2, 0) is 6.54 Å². The second-order valence-corrected chi connectivity index (χ2v) is 5.90. The molecule has 0 unspecified atom stereocenters. The van der Waals surface area contributed by atoms with Gasteiger partial charge in [-0.1, -0.05) is 27.5 Å². The van der Waals surface area contributed by atoms with Crippen LogP contribution in [-0.4, -0.2) is 11.1 Å². The van der Waals surface area contributed by atoms with E-state index >= 15 is 0 Å². The van der Waals surface area contributed by atoms with Crippen molar-refractivity contribution in [2.75, 3.05) is 5.32 Å². The number of pyridine rings is 1. The summed E-state index contributed by atoms with van der Waals surface area (Å²) in [7, 11) is 0. The van der Waals surface area contributed by atoms with Crippen LogP contribution < -0.4 is 10.1 Å². The fraction of sp³-hybridized carbons (Fsp3) is 0.267. The van der Waals surface area contributed by atoms with Gasteiger partial charge >= 0.3 is 0 Å². The van der Waals surface area contributed by atoms with Gasteiger partial charge in [0.1, 0.15) is 0 Å². The highest BCUT2D eigenvalue weighted by Crippen LogP contribution is 2.25. The number of aromatic nitrogens is 1. The van der Waals surface area contributed by atoms with Gasteiger partial charge in [-0.2, -0.15) is 0 Å². The first-order valence-corrected chi connectivity index (χ1v) is 7.53. The molecule has 20 heavy (non-hydrogen) atoms. The molecule has 5 heteroatoms. The van der Waals surface area contributed by atoms with Crippen LogP contribution in [0.3, 0.4) is 0 Å². The standard InChI is InChI=1S/C15H16BrClN2O/c1-10(2)20-15-14(4-3-7-18-15)19-9-11-8-12(17)5-6-13(11)16/h3-8,10,19H,9H2,1-2H3. The Morgan fingerprint density at radius 3 is 2.90 bits per heavy atom. The maximum absolute atomic E-state index is 6.01. The average Bonchev–Trinajstić information content (AvgIpc) is 2.41. The third-order valence-electron chi connectivity index (χ3n) is 2.60. The van der Waals surface area contributed by atoms with E-state index in [1.807, 2.05) is 44.2 Å². The molecule has 0 saturated heterocycles. The van der Waals surface area contributed by atoms with Gasteiger partial charge in [-0.15, -0.1) is 0 Å². The van der Waals surface area contributed by atoms with Crippen LogP contribution in [0.15, 0.2) is 41.0 Å². The molecule has 1 aromatic heterocycles. The van der Waals surface area contributed by atoms with Crippen LogP contribution in [0, 0.1) is 0 Å². The van der Waals surface area contributed by atoms with Crippen LogP contribution in [0.5, 0.6) is 5.88 Å². The summed E-state index contributed by atoms with van der Waals surface area (Å²) in [5.74, 6) is 0.612. The minimum absolute atomic E-state index is 0.0864. The molecule has 3 nitrogen and oxygen atoms in total. The first kappa shape index (κ1) is 15.1. The van der Waals surface area contributed by atoms with Crippen molar-refractivity contribution in [2.45, 2.75) is 26.5 Å². The normalized spacial score (nSPS) is 10.7. The molecule has 106 valence electrons. The SMILES string of the molecule is CC(C)Oc1ncccc1NCc1cc(Cl)ccc1Br. The van der Waals surface area contributed by atoms with Crippen LogP contribution in [0.25, 0.3) is 0 Å². The molecule has 1 heterocycles. The summed E-state index contributed by atoms with van der Waals surface area (Å²) in [5.41, 5.74) is 1.95. The number of benzene rings is 1. The smallest absolute Gasteiger partial charge is 0.237 e. The zero-order chi connectivity index (χ0) is 14.5. The van der Waals surface area contributed by atoms with Crippen molar-refractivity contribution in [3.05, 3.63) is 51.6 Å². The highest BCUT2D eigenvalue weighted by atomic mass is 79.9. The van der Waals surface area contributed by atoms with E-state index in [2.05, 4.69) is 26.2 Å². The Morgan fingerprint density at radius 1 is 1.35 bits per heavy atom. The number of nitrogens with zero attached hydrogens (tertiary/aromatic N) is 1. The highest BCUT2D eigenvalue weighted by molar-refractivity contribution is 9.10. The Bertz CT molecular complexity index is 590. The largest absolute Gasteiger partial charge is 0.473 e. The number of rotatable bonds is 5. The van der Waals surface area contributed by atoms with Crippen molar-refractivity contribution >= 4 is 33.2 Å². The van der Waals surface area contributed by atoms with Crippen molar-refractivity contribution in [1.82, 2.24) is 4.98 Å². The molecule has 0 bridgehead atoms. The predicted molar refractivity (Wildman–Crippen MR) is 86.5 cm³/mol. The second-order valence-electron chi connectivity index (χ2n) is 4.61. The molecule has 0 atom stereocenters. The summed E-state index contributed by atoms with van der Waals surface area (Å²) in [6, 6.07) is 9.55. The number of nitrogens with one attached hydrogen (secondary N) is 1. The van der Waals surface area contributed by atoms with Gasteiger partial charge in [0.05, 0.1) is 11.8 Å². The van der Waals surface area contributed by atoms with Crippen molar-refractivity contribution in [2.24, 2.45) is 0 Å². The lowest BCUT2D eigenvalue weighted by atomic mass is 10.2. The van der Waals surface area contributed by atoms with Gasteiger partial charge in [-0.3, -0.25) is 0 Å². The zero-order valence-corrected chi connectivity index (χ0v) is 13.7. The molecule has 0 aliphatic rings. The molecule has 1 aromatic carbocycles. The van der Waals surface area contributed by atoms with Gasteiger partial charge in [0.25, 0.3) is 0 Å². The van der Waals surface area contributed by atoms with E-state index in [4.69, 9.17) is 16.3 Å². The lowest BCUT2D eigenvalue weighted by Gasteiger charge is -2.14. The Labute approximate surface area is 132 Å². The molecule has 0 aliphatic heterocycles. The minimum Gasteiger partial charge on any atom is -0.473 e. The summed E-state index contributed by atoms with van der Waals surface area (Å²) in [6.45, 7) is 4.60. The predicted octanol–water partition coefficient (Wildman–Crippen LogP) is 4.90. The van der Waals surface area contributed by atoms with Gasteiger partial charge in [-0.25, -0.2) is 4.98 Å². The molecule has 2 aromatic rings. The van der Waals surface area contributed by atoms with Crippen molar-refractivity contribution in [1.29, 1.82) is 0 Å². The van der Waals surface area contributed by atoms with E-state index in [1.165, 1.54) is 0 Å². The maximum atomic E-state index is 6.01. The summed E-state index contributed by atoms with van der Waals surface area (Å²) >= 11 is 9.53. The van der Waals surface area contributed by atoms with E-state index in [0.717, 1.165) is 20.7 Å². The Hall–Kier alpha value is -1.26. The zero-order valence-electron chi connectivity index (χ0n) is 11.4. The Balaban J connectivity index is 2.12. The van der Waals surface area contributed by atoms with Crippen LogP contribution >= 0.6 is 27.5 Å². The minimum atomic E-state index is 0.0864. The molecule has 0 fully saturated rings. The van der Waals surface area contributed by atoms with Crippen molar-refractivity contribution in [3.8, 4) is 5.88 Å². The lowest BCUT2D eigenvalue weighted by Crippen LogP contribution is -2.10. The molecule has 0 spiro atoms. The fourth-order valence-corrected chi connectivity index (χ4v) is 2.29. The van der Waals surface area contributed by atoms with Crippen LogP contribution in [0.1, 0.15) is 19.4 Å². The molecule has 2 rings (SSSR count). The highest BCUT2D eigenvalue weighted by Gasteiger charge is 2.07. The Morgan fingerprint density at radius 2 is 2.15 bits per heavy atom. The molecule has 0 aliphatic carbocycles. The maximum Gasteiger partial charge on any atom is 0.237 e. The molecule has 0 saturated carbocycles. The number of hydrogen-bond donors (Lipinski definition) is 1. The number of halogens is 2. The van der Waals surface area contributed by atoms with Gasteiger partial charge in [0.15, 0.2) is 0 Å². The quantitative estimate of drug-likeness (QED) is 0.828. The fourth-order valence-electron chi connectivity index (χ4n) is 1.71. The summed E-state index contributed by atoms with van der Waals surface area (Å²) in [5, 5.41) is 4.04. The van der Waals surface area contributed by atoms with E-state index in [0.29, 0.717) is 12.4 Å². The third kappa shape index (κ3) is 4.12. The van der Waals surface area contributed by atoms with Gasteiger partial charge in [0, 0.05) is 22.2 Å². The monoisotopic (exact) mass is 354 g/mol. The average molecular weight is 356 g/mol. The third-order valence-corrected chi connectivity index (χ3v) is 3.60. The first-order valence-electron chi connectivity index (χ1n) is 6.35. The van der Waals surface area contributed by atoms with Crippen LogP contribution in [0.4, 0.5) is 5.69 Å². The van der Waals surface area contributed by atoms with Crippen LogP contribution in [0.2, 0.25) is 5.02 Å². The molecule has 1 N–H and O–H groups in total. The molecule has 0 amide bonds.